The Morgan fingerprint density at radius 3 is 2.52 bits per heavy atom. The molecule has 0 saturated carbocycles. The number of methoxy groups -OCH3 is 1. The van der Waals surface area contributed by atoms with Gasteiger partial charge in [-0.2, -0.15) is 0 Å². The van der Waals surface area contributed by atoms with Crippen LogP contribution < -0.4 is 15.0 Å². The van der Waals surface area contributed by atoms with E-state index in [1.54, 1.807) is 7.11 Å². The molecule has 23 heavy (non-hydrogen) atoms. The first-order valence-corrected chi connectivity index (χ1v) is 8.26. The zero-order chi connectivity index (χ0) is 16.4. The molecule has 0 saturated heterocycles. The van der Waals surface area contributed by atoms with Crippen molar-refractivity contribution in [1.82, 2.24) is 0 Å². The molecule has 0 spiro atoms. The summed E-state index contributed by atoms with van der Waals surface area (Å²) >= 11 is 0. The number of aryl methyl sites for hydroxylation is 1. The molecular formula is C20H26N2O. The van der Waals surface area contributed by atoms with Crippen molar-refractivity contribution in [2.24, 2.45) is 0 Å². The normalized spacial score (nSPS) is 14.3. The van der Waals surface area contributed by atoms with Crippen molar-refractivity contribution >= 4 is 11.4 Å². The van der Waals surface area contributed by atoms with Crippen LogP contribution in [0.1, 0.15) is 31.4 Å². The van der Waals surface area contributed by atoms with Gasteiger partial charge in [-0.15, -0.1) is 0 Å². The predicted molar refractivity (Wildman–Crippen MR) is 97.7 cm³/mol. The fraction of sp³-hybridized carbons (Fsp3) is 0.400. The number of rotatable bonds is 4. The fourth-order valence-corrected chi connectivity index (χ4v) is 3.30. The lowest BCUT2D eigenvalue weighted by Crippen LogP contribution is -2.28. The second kappa shape index (κ2) is 6.15. The van der Waals surface area contributed by atoms with Crippen molar-refractivity contribution in [1.29, 1.82) is 0 Å². The first kappa shape index (κ1) is 15.7. The Labute approximate surface area is 139 Å². The maximum absolute atomic E-state index is 5.25. The largest absolute Gasteiger partial charge is 0.497 e. The number of ether oxygens (including phenoxy) is 1. The van der Waals surface area contributed by atoms with Crippen molar-refractivity contribution in [3.8, 4) is 5.75 Å². The highest BCUT2D eigenvalue weighted by molar-refractivity contribution is 5.62. The second-order valence-corrected chi connectivity index (χ2v) is 6.85. The topological polar surface area (TPSA) is 24.5 Å². The second-order valence-electron chi connectivity index (χ2n) is 6.85. The van der Waals surface area contributed by atoms with Crippen LogP contribution in [0.15, 0.2) is 42.5 Å². The quantitative estimate of drug-likeness (QED) is 0.904. The minimum atomic E-state index is -0.138. The third-order valence-corrected chi connectivity index (χ3v) is 4.70. The van der Waals surface area contributed by atoms with Crippen LogP contribution >= 0.6 is 0 Å². The average Bonchev–Trinajstić information content (AvgIpc) is 2.54. The summed E-state index contributed by atoms with van der Waals surface area (Å²) in [4.78, 5) is 2.34. The van der Waals surface area contributed by atoms with Gasteiger partial charge in [-0.25, -0.2) is 0 Å². The highest BCUT2D eigenvalue weighted by atomic mass is 16.5. The molecule has 0 amide bonds. The molecule has 0 fully saturated rings. The summed E-state index contributed by atoms with van der Waals surface area (Å²) in [7, 11) is 3.87. The molecule has 122 valence electrons. The van der Waals surface area contributed by atoms with Crippen LogP contribution in [0.25, 0.3) is 0 Å². The van der Waals surface area contributed by atoms with Crippen molar-refractivity contribution < 1.29 is 4.74 Å². The maximum Gasteiger partial charge on any atom is 0.118 e. The van der Waals surface area contributed by atoms with Crippen LogP contribution in [0, 0.1) is 0 Å². The molecule has 0 aromatic heterocycles. The SMILES string of the molecule is COc1ccc(C(C)(C)Nc2ccc3c(c2)CCCN3C)cc1. The Balaban J connectivity index is 1.82. The van der Waals surface area contributed by atoms with Gasteiger partial charge in [0.1, 0.15) is 5.75 Å². The summed E-state index contributed by atoms with van der Waals surface area (Å²) in [6.07, 6.45) is 2.40. The van der Waals surface area contributed by atoms with E-state index in [2.05, 4.69) is 61.4 Å². The van der Waals surface area contributed by atoms with Crippen molar-refractivity contribution in [3.05, 3.63) is 53.6 Å². The molecule has 2 aromatic carbocycles. The first-order chi connectivity index (χ1) is 11.0. The molecule has 0 radical (unpaired) electrons. The van der Waals surface area contributed by atoms with Gasteiger partial charge in [0.05, 0.1) is 12.6 Å². The number of fused-ring (bicyclic) bond motifs is 1. The van der Waals surface area contributed by atoms with Gasteiger partial charge in [0.2, 0.25) is 0 Å². The molecule has 3 heteroatoms. The minimum absolute atomic E-state index is 0.138. The van der Waals surface area contributed by atoms with Crippen LogP contribution in [-0.4, -0.2) is 20.7 Å². The highest BCUT2D eigenvalue weighted by Crippen LogP contribution is 2.32. The van der Waals surface area contributed by atoms with Crippen LogP contribution in [0.2, 0.25) is 0 Å². The predicted octanol–water partition coefficient (Wildman–Crippen LogP) is 4.42. The molecular weight excluding hydrogens is 284 g/mol. The van der Waals surface area contributed by atoms with Gasteiger partial charge < -0.3 is 15.0 Å². The lowest BCUT2D eigenvalue weighted by Gasteiger charge is -2.31. The maximum atomic E-state index is 5.25. The lowest BCUT2D eigenvalue weighted by molar-refractivity contribution is 0.414. The molecule has 0 unspecified atom stereocenters. The molecule has 1 N–H and O–H groups in total. The third-order valence-electron chi connectivity index (χ3n) is 4.70. The summed E-state index contributed by atoms with van der Waals surface area (Å²) in [6, 6.07) is 15.0. The molecule has 1 aliphatic heterocycles. The first-order valence-electron chi connectivity index (χ1n) is 8.26. The van der Waals surface area contributed by atoms with Gasteiger partial charge in [-0.05, 0) is 68.1 Å². The monoisotopic (exact) mass is 310 g/mol. The van der Waals surface area contributed by atoms with Gasteiger partial charge in [0.15, 0.2) is 0 Å². The van der Waals surface area contributed by atoms with Crippen molar-refractivity contribution in [3.63, 3.8) is 0 Å². The molecule has 1 aliphatic rings. The number of benzene rings is 2. The number of anilines is 2. The highest BCUT2D eigenvalue weighted by Gasteiger charge is 2.21. The molecule has 0 aliphatic carbocycles. The summed E-state index contributed by atoms with van der Waals surface area (Å²) in [6.45, 7) is 5.57. The molecule has 1 heterocycles. The molecule has 3 rings (SSSR count). The summed E-state index contributed by atoms with van der Waals surface area (Å²) < 4.78 is 5.25. The molecule has 3 nitrogen and oxygen atoms in total. The third kappa shape index (κ3) is 3.29. The standard InChI is InChI=1S/C20H26N2O/c1-20(2,16-7-10-18(23-4)11-8-16)21-17-9-12-19-15(14-17)6-5-13-22(19)3/h7-12,14,21H,5-6,13H2,1-4H3. The van der Waals surface area contributed by atoms with E-state index in [1.165, 1.54) is 28.9 Å². The Kier molecular flexibility index (Phi) is 4.20. The van der Waals surface area contributed by atoms with Gasteiger partial charge >= 0.3 is 0 Å². The molecule has 0 bridgehead atoms. The number of nitrogens with one attached hydrogen (secondary N) is 1. The fourth-order valence-electron chi connectivity index (χ4n) is 3.30. The summed E-state index contributed by atoms with van der Waals surface area (Å²) in [5, 5.41) is 3.68. The van der Waals surface area contributed by atoms with Gasteiger partial charge in [0.25, 0.3) is 0 Å². The van der Waals surface area contributed by atoms with Crippen LogP contribution in [0.3, 0.4) is 0 Å². The number of nitrogens with zero attached hydrogens (tertiary/aromatic N) is 1. The van der Waals surface area contributed by atoms with Crippen LogP contribution in [0.4, 0.5) is 11.4 Å². The van der Waals surface area contributed by atoms with E-state index in [0.717, 1.165) is 18.7 Å². The summed E-state index contributed by atoms with van der Waals surface area (Å²) in [5.41, 5.74) is 5.09. The Morgan fingerprint density at radius 2 is 1.83 bits per heavy atom. The lowest BCUT2D eigenvalue weighted by atomic mass is 9.93. The Hall–Kier alpha value is -2.16. The summed E-state index contributed by atoms with van der Waals surface area (Å²) in [5.74, 6) is 0.890. The van der Waals surface area contributed by atoms with E-state index in [1.807, 2.05) is 12.1 Å². The van der Waals surface area contributed by atoms with Gasteiger partial charge in [0, 0.05) is 25.0 Å². The van der Waals surface area contributed by atoms with Gasteiger partial charge in [-0.3, -0.25) is 0 Å². The van der Waals surface area contributed by atoms with Gasteiger partial charge in [-0.1, -0.05) is 12.1 Å². The van der Waals surface area contributed by atoms with Crippen molar-refractivity contribution in [2.45, 2.75) is 32.2 Å². The van der Waals surface area contributed by atoms with Crippen molar-refractivity contribution in [2.75, 3.05) is 30.9 Å². The van der Waals surface area contributed by atoms with E-state index in [-0.39, 0.29) is 5.54 Å². The smallest absolute Gasteiger partial charge is 0.118 e. The molecule has 0 atom stereocenters. The van der Waals surface area contributed by atoms with E-state index < -0.39 is 0 Å². The molecule has 2 aromatic rings. The van der Waals surface area contributed by atoms with Crippen LogP contribution in [0.5, 0.6) is 5.75 Å². The van der Waals surface area contributed by atoms with E-state index in [4.69, 9.17) is 4.74 Å². The number of hydrogen-bond acceptors (Lipinski definition) is 3. The zero-order valence-corrected chi connectivity index (χ0v) is 14.5. The number of hydrogen-bond donors (Lipinski definition) is 1. The zero-order valence-electron chi connectivity index (χ0n) is 14.5. The van der Waals surface area contributed by atoms with Crippen LogP contribution in [-0.2, 0) is 12.0 Å². The van der Waals surface area contributed by atoms with E-state index in [9.17, 15) is 0 Å². The minimum Gasteiger partial charge on any atom is -0.497 e. The Morgan fingerprint density at radius 1 is 1.09 bits per heavy atom. The van der Waals surface area contributed by atoms with E-state index >= 15 is 0 Å². The van der Waals surface area contributed by atoms with E-state index in [0.29, 0.717) is 0 Å². The Bertz CT molecular complexity index is 677. The average molecular weight is 310 g/mol.